The van der Waals surface area contributed by atoms with Gasteiger partial charge in [0, 0.05) is 25.4 Å². The molecule has 0 aromatic rings. The molecule has 1 aliphatic carbocycles. The van der Waals surface area contributed by atoms with Crippen LogP contribution in [0.2, 0.25) is 0 Å². The van der Waals surface area contributed by atoms with Crippen molar-refractivity contribution in [1.82, 2.24) is 5.32 Å². The topological polar surface area (TPSA) is 61.7 Å². The molecule has 0 amide bonds. The average Bonchev–Trinajstić information content (AvgIpc) is 2.26. The van der Waals surface area contributed by atoms with E-state index in [0.29, 0.717) is 30.3 Å². The molecule has 2 aliphatic rings. The third-order valence-electron chi connectivity index (χ3n) is 3.67. The summed E-state index contributed by atoms with van der Waals surface area (Å²) in [5.41, 5.74) is 0.275. The van der Waals surface area contributed by atoms with Gasteiger partial charge < -0.3 is 10.4 Å². The first-order valence-corrected chi connectivity index (χ1v) is 6.69. The molecule has 4 nitrogen and oxygen atoms in total. The molecule has 0 aromatic heterocycles. The fourth-order valence-corrected chi connectivity index (χ4v) is 2.66. The number of hydrogen-bond acceptors (Lipinski definition) is 4. The Bertz CT molecular complexity index is 422. The van der Waals surface area contributed by atoms with E-state index in [0.717, 1.165) is 19.4 Å². The van der Waals surface area contributed by atoms with E-state index in [1.807, 2.05) is 13.8 Å². The van der Waals surface area contributed by atoms with Gasteiger partial charge in [-0.3, -0.25) is 9.79 Å². The molecule has 1 aliphatic heterocycles. The molecule has 1 atom stereocenters. The molecule has 0 saturated carbocycles. The van der Waals surface area contributed by atoms with Crippen LogP contribution in [0.3, 0.4) is 0 Å². The minimum atomic E-state index is -0.149. The SMILES string of the molecule is CCC1CCN=C(C2=C(O)CC(C)(C)CC2=O)N1. The first-order valence-electron chi connectivity index (χ1n) is 6.69. The lowest BCUT2D eigenvalue weighted by molar-refractivity contribution is -0.118. The van der Waals surface area contributed by atoms with Crippen LogP contribution in [0.25, 0.3) is 0 Å². The number of nitrogens with one attached hydrogen (secondary N) is 1. The maximum absolute atomic E-state index is 12.2. The summed E-state index contributed by atoms with van der Waals surface area (Å²) < 4.78 is 0. The highest BCUT2D eigenvalue weighted by molar-refractivity contribution is 6.22. The molecule has 100 valence electrons. The van der Waals surface area contributed by atoms with Gasteiger partial charge >= 0.3 is 0 Å². The number of aliphatic hydroxyl groups excluding tert-OH is 1. The molecule has 0 spiro atoms. The highest BCUT2D eigenvalue weighted by Crippen LogP contribution is 2.36. The predicted octanol–water partition coefficient (Wildman–Crippen LogP) is 2.36. The third kappa shape index (κ3) is 2.57. The maximum atomic E-state index is 12.2. The van der Waals surface area contributed by atoms with Gasteiger partial charge in [0.2, 0.25) is 0 Å². The Labute approximate surface area is 108 Å². The van der Waals surface area contributed by atoms with Crippen LogP contribution in [-0.2, 0) is 4.79 Å². The standard InChI is InChI=1S/C14H22N2O2/c1-4-9-5-6-15-13(16-9)12-10(17)7-14(2,3)8-11(12)18/h9,17H,4-8H2,1-3H3,(H,15,16). The summed E-state index contributed by atoms with van der Waals surface area (Å²) in [7, 11) is 0. The summed E-state index contributed by atoms with van der Waals surface area (Å²) in [4.78, 5) is 16.5. The number of aliphatic imine (C=N–C) groups is 1. The summed E-state index contributed by atoms with van der Waals surface area (Å²) in [6.45, 7) is 6.85. The highest BCUT2D eigenvalue weighted by Gasteiger charge is 2.36. The molecule has 0 fully saturated rings. The van der Waals surface area contributed by atoms with Crippen molar-refractivity contribution in [3.05, 3.63) is 11.3 Å². The van der Waals surface area contributed by atoms with E-state index in [1.54, 1.807) is 0 Å². The van der Waals surface area contributed by atoms with Crippen LogP contribution in [0.15, 0.2) is 16.3 Å². The minimum Gasteiger partial charge on any atom is -0.511 e. The fourth-order valence-electron chi connectivity index (χ4n) is 2.66. The number of ketones is 1. The van der Waals surface area contributed by atoms with Crippen molar-refractivity contribution in [3.8, 4) is 0 Å². The molecule has 0 saturated heterocycles. The fraction of sp³-hybridized carbons (Fsp3) is 0.714. The first-order chi connectivity index (χ1) is 8.43. The molecule has 1 unspecified atom stereocenters. The Kier molecular flexibility index (Phi) is 3.46. The van der Waals surface area contributed by atoms with Crippen molar-refractivity contribution >= 4 is 11.6 Å². The van der Waals surface area contributed by atoms with Gasteiger partial charge in [-0.1, -0.05) is 20.8 Å². The summed E-state index contributed by atoms with van der Waals surface area (Å²) in [5, 5.41) is 13.4. The summed E-state index contributed by atoms with van der Waals surface area (Å²) in [6, 6.07) is 0.362. The highest BCUT2D eigenvalue weighted by atomic mass is 16.3. The Morgan fingerprint density at radius 1 is 1.44 bits per heavy atom. The third-order valence-corrected chi connectivity index (χ3v) is 3.67. The number of allylic oxidation sites excluding steroid dienone is 1. The van der Waals surface area contributed by atoms with Crippen molar-refractivity contribution in [2.24, 2.45) is 10.4 Å². The van der Waals surface area contributed by atoms with Crippen molar-refractivity contribution in [2.75, 3.05) is 6.54 Å². The van der Waals surface area contributed by atoms with Crippen LogP contribution in [0, 0.1) is 5.41 Å². The van der Waals surface area contributed by atoms with Gasteiger partial charge in [0.05, 0.1) is 5.57 Å². The molecule has 4 heteroatoms. The smallest absolute Gasteiger partial charge is 0.170 e. The van der Waals surface area contributed by atoms with E-state index < -0.39 is 0 Å². The van der Waals surface area contributed by atoms with E-state index in [-0.39, 0.29) is 17.0 Å². The first kappa shape index (κ1) is 13.1. The van der Waals surface area contributed by atoms with Gasteiger partial charge in [-0.2, -0.15) is 0 Å². The van der Waals surface area contributed by atoms with Gasteiger partial charge in [0.1, 0.15) is 11.6 Å². The second-order valence-electron chi connectivity index (χ2n) is 6.03. The maximum Gasteiger partial charge on any atom is 0.170 e. The van der Waals surface area contributed by atoms with E-state index in [4.69, 9.17) is 0 Å². The number of carbonyl (C=O) groups excluding carboxylic acids is 1. The monoisotopic (exact) mass is 250 g/mol. The normalized spacial score (nSPS) is 27.8. The number of hydrogen-bond donors (Lipinski definition) is 2. The molecule has 1 heterocycles. The Balaban J connectivity index is 2.27. The van der Waals surface area contributed by atoms with E-state index in [2.05, 4.69) is 17.2 Å². The zero-order chi connectivity index (χ0) is 13.3. The van der Waals surface area contributed by atoms with E-state index >= 15 is 0 Å². The van der Waals surface area contributed by atoms with Crippen LogP contribution in [0.4, 0.5) is 0 Å². The quantitative estimate of drug-likeness (QED) is 0.791. The molecular weight excluding hydrogens is 228 g/mol. The Hall–Kier alpha value is -1.32. The van der Waals surface area contributed by atoms with Gasteiger partial charge in [0.25, 0.3) is 0 Å². The Morgan fingerprint density at radius 2 is 2.17 bits per heavy atom. The van der Waals surface area contributed by atoms with E-state index in [9.17, 15) is 9.90 Å². The van der Waals surface area contributed by atoms with Gasteiger partial charge in [-0.25, -0.2) is 0 Å². The van der Waals surface area contributed by atoms with Crippen LogP contribution in [0.1, 0.15) is 46.5 Å². The molecule has 2 N–H and O–H groups in total. The van der Waals surface area contributed by atoms with Crippen LogP contribution < -0.4 is 5.32 Å². The van der Waals surface area contributed by atoms with Crippen molar-refractivity contribution < 1.29 is 9.90 Å². The lowest BCUT2D eigenvalue weighted by Gasteiger charge is -2.32. The number of aliphatic hydroxyl groups is 1. The zero-order valence-corrected chi connectivity index (χ0v) is 11.4. The second-order valence-corrected chi connectivity index (χ2v) is 6.03. The van der Waals surface area contributed by atoms with Crippen LogP contribution in [-0.4, -0.2) is 29.3 Å². The van der Waals surface area contributed by atoms with Gasteiger partial charge in [-0.05, 0) is 18.3 Å². The van der Waals surface area contributed by atoms with Gasteiger partial charge in [0.15, 0.2) is 5.78 Å². The lowest BCUT2D eigenvalue weighted by atomic mass is 9.76. The van der Waals surface area contributed by atoms with Gasteiger partial charge in [-0.15, -0.1) is 0 Å². The molecular formula is C14H22N2O2. The average molecular weight is 250 g/mol. The zero-order valence-electron chi connectivity index (χ0n) is 11.4. The molecule has 0 aromatic carbocycles. The summed E-state index contributed by atoms with van der Waals surface area (Å²) in [6.07, 6.45) is 3.02. The van der Waals surface area contributed by atoms with Crippen LogP contribution in [0.5, 0.6) is 0 Å². The molecule has 18 heavy (non-hydrogen) atoms. The Morgan fingerprint density at radius 3 is 2.78 bits per heavy atom. The minimum absolute atomic E-state index is 0.00625. The molecule has 0 bridgehead atoms. The van der Waals surface area contributed by atoms with Crippen molar-refractivity contribution in [1.29, 1.82) is 0 Å². The summed E-state index contributed by atoms with van der Waals surface area (Å²) >= 11 is 0. The molecule has 0 radical (unpaired) electrons. The number of Topliss-reactive ketones (excluding diaryl/α,β-unsaturated/α-hetero) is 1. The summed E-state index contributed by atoms with van der Waals surface area (Å²) in [5.74, 6) is 0.803. The predicted molar refractivity (Wildman–Crippen MR) is 71.8 cm³/mol. The van der Waals surface area contributed by atoms with E-state index in [1.165, 1.54) is 0 Å². The number of nitrogens with zero attached hydrogens (tertiary/aromatic N) is 1. The molecule has 2 rings (SSSR count). The van der Waals surface area contributed by atoms with Crippen molar-refractivity contribution in [3.63, 3.8) is 0 Å². The number of carbonyl (C=O) groups is 1. The lowest BCUT2D eigenvalue weighted by Crippen LogP contribution is -2.43. The second kappa shape index (κ2) is 4.75. The number of rotatable bonds is 2. The largest absolute Gasteiger partial charge is 0.511 e. The van der Waals surface area contributed by atoms with Crippen LogP contribution >= 0.6 is 0 Å². The van der Waals surface area contributed by atoms with Crippen molar-refractivity contribution in [2.45, 2.75) is 52.5 Å². The number of amidine groups is 1.